The molecule has 1 saturated heterocycles. The molecule has 0 saturated carbocycles. The molecule has 1 N–H and O–H groups in total. The van der Waals surface area contributed by atoms with Crippen LogP contribution < -0.4 is 10.2 Å². The molecule has 3 aromatic heterocycles. The van der Waals surface area contributed by atoms with Gasteiger partial charge in [-0.25, -0.2) is 15.0 Å². The predicted molar refractivity (Wildman–Crippen MR) is 105 cm³/mol. The van der Waals surface area contributed by atoms with E-state index in [-0.39, 0.29) is 12.5 Å². The van der Waals surface area contributed by atoms with Gasteiger partial charge >= 0.3 is 0 Å². The Morgan fingerprint density at radius 2 is 1.89 bits per heavy atom. The average molecular weight is 378 g/mol. The van der Waals surface area contributed by atoms with Crippen LogP contribution in [0.5, 0.6) is 0 Å². The number of piperazine rings is 1. The molecule has 4 rings (SSSR count). The topological polar surface area (TPSA) is 92.1 Å². The third kappa shape index (κ3) is 4.25. The second kappa shape index (κ2) is 8.03. The monoisotopic (exact) mass is 378 g/mol. The van der Waals surface area contributed by atoms with Crippen molar-refractivity contribution in [2.75, 3.05) is 36.4 Å². The van der Waals surface area contributed by atoms with Gasteiger partial charge in [0.2, 0.25) is 5.91 Å². The fourth-order valence-electron chi connectivity index (χ4n) is 3.14. The van der Waals surface area contributed by atoms with Gasteiger partial charge in [0.1, 0.15) is 30.3 Å². The molecule has 3 aromatic rings. The van der Waals surface area contributed by atoms with E-state index in [4.69, 9.17) is 0 Å². The number of rotatable bonds is 5. The van der Waals surface area contributed by atoms with Crippen molar-refractivity contribution in [2.45, 2.75) is 13.5 Å². The first-order valence-electron chi connectivity index (χ1n) is 9.19. The van der Waals surface area contributed by atoms with Crippen LogP contribution in [0.2, 0.25) is 0 Å². The number of nitrogens with one attached hydrogen (secondary N) is 1. The van der Waals surface area contributed by atoms with Crippen LogP contribution in [0.25, 0.3) is 0 Å². The highest BCUT2D eigenvalue weighted by atomic mass is 16.2. The van der Waals surface area contributed by atoms with E-state index < -0.39 is 0 Å². The van der Waals surface area contributed by atoms with Crippen LogP contribution >= 0.6 is 0 Å². The van der Waals surface area contributed by atoms with E-state index in [1.807, 2.05) is 36.1 Å². The maximum Gasteiger partial charge on any atom is 0.244 e. The van der Waals surface area contributed by atoms with Crippen LogP contribution in [-0.2, 0) is 11.3 Å². The highest BCUT2D eigenvalue weighted by molar-refractivity contribution is 5.76. The summed E-state index contributed by atoms with van der Waals surface area (Å²) in [4.78, 5) is 29.4. The third-order valence-corrected chi connectivity index (χ3v) is 4.64. The van der Waals surface area contributed by atoms with Crippen molar-refractivity contribution < 1.29 is 4.79 Å². The number of aryl methyl sites for hydroxylation is 1. The zero-order valence-electron chi connectivity index (χ0n) is 15.7. The number of carbonyl (C=O) groups is 1. The molecule has 0 unspecified atom stereocenters. The summed E-state index contributed by atoms with van der Waals surface area (Å²) in [5, 5.41) is 7.31. The van der Waals surface area contributed by atoms with Crippen molar-refractivity contribution in [1.82, 2.24) is 29.6 Å². The minimum atomic E-state index is 0.0823. The summed E-state index contributed by atoms with van der Waals surface area (Å²) in [7, 11) is 0. The normalized spacial score (nSPS) is 14.2. The van der Waals surface area contributed by atoms with Crippen LogP contribution in [0.3, 0.4) is 0 Å². The van der Waals surface area contributed by atoms with Crippen LogP contribution in [-0.4, -0.2) is 61.7 Å². The molecule has 0 radical (unpaired) electrons. The lowest BCUT2D eigenvalue weighted by Crippen LogP contribution is -2.49. The van der Waals surface area contributed by atoms with Gasteiger partial charge in [0.15, 0.2) is 0 Å². The molecular weight excluding hydrogens is 356 g/mol. The summed E-state index contributed by atoms with van der Waals surface area (Å²) >= 11 is 0. The van der Waals surface area contributed by atoms with Gasteiger partial charge in [-0.05, 0) is 30.7 Å². The molecule has 144 valence electrons. The smallest absolute Gasteiger partial charge is 0.244 e. The number of anilines is 3. The first kappa shape index (κ1) is 17.9. The minimum absolute atomic E-state index is 0.0823. The van der Waals surface area contributed by atoms with Gasteiger partial charge in [-0.15, -0.1) is 0 Å². The Morgan fingerprint density at radius 1 is 1.07 bits per heavy atom. The third-order valence-electron chi connectivity index (χ3n) is 4.64. The van der Waals surface area contributed by atoms with Gasteiger partial charge in [0, 0.05) is 50.8 Å². The summed E-state index contributed by atoms with van der Waals surface area (Å²) in [5.74, 6) is 2.36. The molecule has 1 aliphatic heterocycles. The largest absolute Gasteiger partial charge is 0.353 e. The van der Waals surface area contributed by atoms with Crippen LogP contribution in [0.15, 0.2) is 49.2 Å². The maximum absolute atomic E-state index is 12.4. The minimum Gasteiger partial charge on any atom is -0.353 e. The van der Waals surface area contributed by atoms with E-state index in [0.717, 1.165) is 30.3 Å². The molecule has 28 heavy (non-hydrogen) atoms. The average Bonchev–Trinajstić information content (AvgIpc) is 3.21. The number of carbonyl (C=O) groups excluding carboxylic acids is 1. The molecule has 4 heterocycles. The standard InChI is InChI=1S/C19H22N8O/c1-15-3-5-20-16(11-15)24-17-12-18(22-14-21-17)25-7-9-26(10-8-25)19(28)13-27-6-2-4-23-27/h2-6,11-12,14H,7-10,13H2,1H3,(H,20,21,22,24). The lowest BCUT2D eigenvalue weighted by atomic mass is 10.3. The Morgan fingerprint density at radius 3 is 2.64 bits per heavy atom. The van der Waals surface area contributed by atoms with E-state index >= 15 is 0 Å². The quantitative estimate of drug-likeness (QED) is 0.719. The molecule has 0 aromatic carbocycles. The maximum atomic E-state index is 12.4. The zero-order valence-corrected chi connectivity index (χ0v) is 15.7. The molecule has 9 heteroatoms. The van der Waals surface area contributed by atoms with Crippen LogP contribution in [0.1, 0.15) is 5.56 Å². The van der Waals surface area contributed by atoms with E-state index in [2.05, 4.69) is 30.3 Å². The first-order chi connectivity index (χ1) is 13.7. The number of nitrogens with zero attached hydrogens (tertiary/aromatic N) is 7. The molecule has 0 aliphatic carbocycles. The second-order valence-corrected chi connectivity index (χ2v) is 6.68. The molecule has 9 nitrogen and oxygen atoms in total. The Bertz CT molecular complexity index is 935. The van der Waals surface area contributed by atoms with Gasteiger partial charge in [-0.2, -0.15) is 5.10 Å². The summed E-state index contributed by atoms with van der Waals surface area (Å²) in [6.45, 7) is 5.07. The number of amides is 1. The molecule has 1 fully saturated rings. The molecule has 1 aliphatic rings. The van der Waals surface area contributed by atoms with Crippen LogP contribution in [0, 0.1) is 6.92 Å². The van der Waals surface area contributed by atoms with Gasteiger partial charge in [-0.1, -0.05) is 0 Å². The van der Waals surface area contributed by atoms with Crippen molar-refractivity contribution in [3.8, 4) is 0 Å². The molecule has 1 amide bonds. The van der Waals surface area contributed by atoms with Crippen molar-refractivity contribution in [3.05, 3.63) is 54.7 Å². The molecular formula is C19H22N8O. The number of pyridine rings is 1. The Labute approximate surface area is 163 Å². The van der Waals surface area contributed by atoms with Crippen molar-refractivity contribution >= 4 is 23.4 Å². The Kier molecular flexibility index (Phi) is 5.14. The number of aromatic nitrogens is 5. The molecule has 0 bridgehead atoms. The zero-order chi connectivity index (χ0) is 19.3. The highest BCUT2D eigenvalue weighted by Crippen LogP contribution is 2.19. The Hall–Kier alpha value is -3.49. The van der Waals surface area contributed by atoms with Gasteiger partial charge in [0.25, 0.3) is 0 Å². The van der Waals surface area contributed by atoms with Gasteiger partial charge in [-0.3, -0.25) is 9.48 Å². The van der Waals surface area contributed by atoms with Crippen molar-refractivity contribution in [3.63, 3.8) is 0 Å². The number of hydrogen-bond donors (Lipinski definition) is 1. The lowest BCUT2D eigenvalue weighted by molar-refractivity contribution is -0.132. The summed E-state index contributed by atoms with van der Waals surface area (Å²) in [6.07, 6.45) is 6.78. The van der Waals surface area contributed by atoms with E-state index in [9.17, 15) is 4.79 Å². The summed E-state index contributed by atoms with van der Waals surface area (Å²) in [6, 6.07) is 7.64. The van der Waals surface area contributed by atoms with Crippen molar-refractivity contribution in [1.29, 1.82) is 0 Å². The van der Waals surface area contributed by atoms with Crippen LogP contribution in [0.4, 0.5) is 17.5 Å². The fourth-order valence-corrected chi connectivity index (χ4v) is 3.14. The van der Waals surface area contributed by atoms with E-state index in [1.54, 1.807) is 29.6 Å². The second-order valence-electron chi connectivity index (χ2n) is 6.68. The predicted octanol–water partition coefficient (Wildman–Crippen LogP) is 1.47. The van der Waals surface area contributed by atoms with E-state index in [0.29, 0.717) is 18.9 Å². The SMILES string of the molecule is Cc1ccnc(Nc2cc(N3CCN(C(=O)Cn4cccn4)CC3)ncn2)c1. The summed E-state index contributed by atoms with van der Waals surface area (Å²) < 4.78 is 1.65. The first-order valence-corrected chi connectivity index (χ1v) is 9.19. The Balaban J connectivity index is 1.36. The molecule has 0 atom stereocenters. The van der Waals surface area contributed by atoms with Gasteiger partial charge < -0.3 is 15.1 Å². The lowest BCUT2D eigenvalue weighted by Gasteiger charge is -2.35. The fraction of sp³-hybridized carbons (Fsp3) is 0.316. The van der Waals surface area contributed by atoms with Crippen molar-refractivity contribution in [2.24, 2.45) is 0 Å². The molecule has 0 spiro atoms. The summed E-state index contributed by atoms with van der Waals surface area (Å²) in [5.41, 5.74) is 1.13. The highest BCUT2D eigenvalue weighted by Gasteiger charge is 2.22. The van der Waals surface area contributed by atoms with E-state index in [1.165, 1.54) is 0 Å². The van der Waals surface area contributed by atoms with Gasteiger partial charge in [0.05, 0.1) is 0 Å². The number of hydrogen-bond acceptors (Lipinski definition) is 7.